The van der Waals surface area contributed by atoms with E-state index in [-0.39, 0.29) is 16.4 Å². The van der Waals surface area contributed by atoms with E-state index >= 15 is 0 Å². The minimum atomic E-state index is -4.25. The molecule has 0 spiro atoms. The Kier molecular flexibility index (Phi) is 7.49. The zero-order valence-electron chi connectivity index (χ0n) is 20.1. The second kappa shape index (κ2) is 10.8. The Morgan fingerprint density at radius 2 is 1.57 bits per heavy atom. The molecule has 1 heterocycles. The molecule has 10 heteroatoms. The lowest BCUT2D eigenvalue weighted by Crippen LogP contribution is -2.40. The molecular weight excluding hydrogens is 498 g/mol. The Morgan fingerprint density at radius 3 is 2.24 bits per heavy atom. The Balaban J connectivity index is 1.56. The fourth-order valence-corrected chi connectivity index (χ4v) is 5.38. The molecule has 0 bridgehead atoms. The Bertz CT molecular complexity index is 1570. The second-order valence-electron chi connectivity index (χ2n) is 8.18. The zero-order chi connectivity index (χ0) is 26.6. The molecule has 37 heavy (non-hydrogen) atoms. The SMILES string of the molecule is Cc1cc(/C=N\NC(=O)CN(c2ccccc2F)S(=O)(=O)c2ccccc2)c(C)n1-c1ccccc1F. The van der Waals surface area contributed by atoms with Gasteiger partial charge in [-0.3, -0.25) is 9.10 Å². The summed E-state index contributed by atoms with van der Waals surface area (Å²) >= 11 is 0. The average Bonchev–Trinajstić information content (AvgIpc) is 3.16. The summed E-state index contributed by atoms with van der Waals surface area (Å²) in [4.78, 5) is 12.6. The van der Waals surface area contributed by atoms with Gasteiger partial charge < -0.3 is 4.57 Å². The van der Waals surface area contributed by atoms with Crippen molar-refractivity contribution >= 4 is 27.8 Å². The fraction of sp³-hybridized carbons (Fsp3) is 0.111. The average molecular weight is 523 g/mol. The van der Waals surface area contributed by atoms with Crippen LogP contribution < -0.4 is 9.73 Å². The molecule has 3 aromatic carbocycles. The second-order valence-corrected chi connectivity index (χ2v) is 10.0. The predicted molar refractivity (Wildman–Crippen MR) is 138 cm³/mol. The minimum absolute atomic E-state index is 0.0878. The number of benzene rings is 3. The van der Waals surface area contributed by atoms with Crippen LogP contribution in [0.1, 0.15) is 17.0 Å². The van der Waals surface area contributed by atoms with E-state index in [4.69, 9.17) is 0 Å². The van der Waals surface area contributed by atoms with Crippen molar-refractivity contribution < 1.29 is 22.0 Å². The van der Waals surface area contributed by atoms with Crippen LogP contribution in [0.5, 0.6) is 0 Å². The van der Waals surface area contributed by atoms with Gasteiger partial charge in [0, 0.05) is 17.0 Å². The van der Waals surface area contributed by atoms with Gasteiger partial charge in [0.2, 0.25) is 0 Å². The van der Waals surface area contributed by atoms with Crippen molar-refractivity contribution in [3.8, 4) is 5.69 Å². The number of carbonyl (C=O) groups excluding carboxylic acids is 1. The van der Waals surface area contributed by atoms with Crippen LogP contribution in [0.25, 0.3) is 5.69 Å². The standard InChI is InChI=1S/C27H24F2N4O3S/c1-19-16-21(20(2)33(19)26-15-9-7-13-24(26)29)17-30-31-27(34)18-32(25-14-8-6-12-23(25)28)37(35,36)22-10-4-3-5-11-22/h3-17H,18H2,1-2H3,(H,31,34)/b30-17-. The van der Waals surface area contributed by atoms with Gasteiger partial charge in [0.05, 0.1) is 22.5 Å². The molecule has 4 rings (SSSR count). The van der Waals surface area contributed by atoms with Gasteiger partial charge in [0.1, 0.15) is 18.2 Å². The summed E-state index contributed by atoms with van der Waals surface area (Å²) in [5.41, 5.74) is 4.50. The first-order chi connectivity index (χ1) is 17.7. The number of hydrazone groups is 1. The lowest BCUT2D eigenvalue weighted by molar-refractivity contribution is -0.119. The van der Waals surface area contributed by atoms with E-state index in [1.807, 2.05) is 6.92 Å². The van der Waals surface area contributed by atoms with Gasteiger partial charge in [-0.1, -0.05) is 42.5 Å². The van der Waals surface area contributed by atoms with Crippen molar-refractivity contribution in [1.29, 1.82) is 0 Å². The molecule has 0 saturated heterocycles. The normalized spacial score (nSPS) is 11.6. The smallest absolute Gasteiger partial charge is 0.264 e. The monoisotopic (exact) mass is 522 g/mol. The first-order valence-electron chi connectivity index (χ1n) is 11.3. The summed E-state index contributed by atoms with van der Waals surface area (Å²) in [5.74, 6) is -1.95. The topological polar surface area (TPSA) is 83.8 Å². The summed E-state index contributed by atoms with van der Waals surface area (Å²) in [7, 11) is -4.25. The molecule has 0 atom stereocenters. The van der Waals surface area contributed by atoms with Crippen LogP contribution in [-0.4, -0.2) is 31.7 Å². The number of amides is 1. The molecule has 1 aromatic heterocycles. The van der Waals surface area contributed by atoms with Crippen LogP contribution in [0, 0.1) is 25.5 Å². The summed E-state index contributed by atoms with van der Waals surface area (Å²) in [6, 6.07) is 20.9. The van der Waals surface area contributed by atoms with Crippen molar-refractivity contribution in [3.05, 3.63) is 114 Å². The van der Waals surface area contributed by atoms with Gasteiger partial charge in [-0.15, -0.1) is 0 Å². The quantitative estimate of drug-likeness (QED) is 0.269. The molecule has 0 aliphatic carbocycles. The van der Waals surface area contributed by atoms with Gasteiger partial charge in [-0.25, -0.2) is 22.6 Å². The predicted octanol–water partition coefficient (Wildman–Crippen LogP) is 4.72. The lowest BCUT2D eigenvalue weighted by Gasteiger charge is -2.24. The molecular formula is C27H24F2N4O3S. The molecule has 190 valence electrons. The van der Waals surface area contributed by atoms with Crippen molar-refractivity contribution in [2.45, 2.75) is 18.7 Å². The maximum absolute atomic E-state index is 14.6. The number of sulfonamides is 1. The maximum Gasteiger partial charge on any atom is 0.264 e. The van der Waals surface area contributed by atoms with Crippen LogP contribution in [-0.2, 0) is 14.8 Å². The van der Waals surface area contributed by atoms with Crippen LogP contribution in [0.3, 0.4) is 0 Å². The number of nitrogens with one attached hydrogen (secondary N) is 1. The highest BCUT2D eigenvalue weighted by molar-refractivity contribution is 7.92. The first kappa shape index (κ1) is 25.8. The number of anilines is 1. The fourth-order valence-electron chi connectivity index (χ4n) is 3.94. The van der Waals surface area contributed by atoms with E-state index in [1.165, 1.54) is 54.7 Å². The van der Waals surface area contributed by atoms with Gasteiger partial charge in [-0.2, -0.15) is 5.10 Å². The molecule has 0 aliphatic heterocycles. The van der Waals surface area contributed by atoms with Gasteiger partial charge in [0.25, 0.3) is 15.9 Å². The molecule has 0 saturated carbocycles. The number of nitrogens with zero attached hydrogens (tertiary/aromatic N) is 3. The number of rotatable bonds is 8. The molecule has 4 aromatic rings. The number of aromatic nitrogens is 1. The molecule has 7 nitrogen and oxygen atoms in total. The van der Waals surface area contributed by atoms with E-state index < -0.39 is 28.3 Å². The van der Waals surface area contributed by atoms with Crippen molar-refractivity contribution in [1.82, 2.24) is 9.99 Å². The summed E-state index contributed by atoms with van der Waals surface area (Å²) in [6.45, 7) is 2.90. The van der Waals surface area contributed by atoms with Crippen molar-refractivity contribution in [3.63, 3.8) is 0 Å². The third-order valence-corrected chi connectivity index (χ3v) is 7.47. The Labute approximate surface area is 213 Å². The highest BCUT2D eigenvalue weighted by Gasteiger charge is 2.29. The van der Waals surface area contributed by atoms with Crippen molar-refractivity contribution in [2.24, 2.45) is 5.10 Å². The number of hydrogen-bond donors (Lipinski definition) is 1. The highest BCUT2D eigenvalue weighted by Crippen LogP contribution is 2.26. The summed E-state index contributed by atoms with van der Waals surface area (Å²) in [6.07, 6.45) is 1.39. The third-order valence-electron chi connectivity index (χ3n) is 5.70. The van der Waals surface area contributed by atoms with E-state index in [2.05, 4.69) is 10.5 Å². The largest absolute Gasteiger partial charge is 0.315 e. The van der Waals surface area contributed by atoms with Crippen molar-refractivity contribution in [2.75, 3.05) is 10.8 Å². The van der Waals surface area contributed by atoms with Crippen LogP contribution in [0.2, 0.25) is 0 Å². The molecule has 1 amide bonds. The number of halogens is 2. The van der Waals surface area contributed by atoms with E-state index in [0.29, 0.717) is 21.2 Å². The van der Waals surface area contributed by atoms with Crippen LogP contribution in [0.15, 0.2) is 94.9 Å². The number of carbonyl (C=O) groups is 1. The number of aryl methyl sites for hydroxylation is 1. The first-order valence-corrected chi connectivity index (χ1v) is 12.7. The lowest BCUT2D eigenvalue weighted by atomic mass is 10.2. The van der Waals surface area contributed by atoms with Gasteiger partial charge >= 0.3 is 0 Å². The van der Waals surface area contributed by atoms with E-state index in [0.717, 1.165) is 11.8 Å². The van der Waals surface area contributed by atoms with E-state index in [9.17, 15) is 22.0 Å². The number of para-hydroxylation sites is 2. The summed E-state index contributed by atoms with van der Waals surface area (Å²) < 4.78 is 57.9. The Hall–Kier alpha value is -4.31. The van der Waals surface area contributed by atoms with Crippen LogP contribution >= 0.6 is 0 Å². The summed E-state index contributed by atoms with van der Waals surface area (Å²) in [5, 5.41) is 3.95. The van der Waals surface area contributed by atoms with Gasteiger partial charge in [0.15, 0.2) is 0 Å². The third kappa shape index (κ3) is 5.44. The molecule has 0 unspecified atom stereocenters. The van der Waals surface area contributed by atoms with Gasteiger partial charge in [-0.05, 0) is 56.3 Å². The molecule has 0 aliphatic rings. The maximum atomic E-state index is 14.6. The minimum Gasteiger partial charge on any atom is -0.315 e. The highest BCUT2D eigenvalue weighted by atomic mass is 32.2. The number of hydrogen-bond acceptors (Lipinski definition) is 4. The molecule has 0 radical (unpaired) electrons. The Morgan fingerprint density at radius 1 is 0.946 bits per heavy atom. The van der Waals surface area contributed by atoms with Crippen LogP contribution in [0.4, 0.5) is 14.5 Å². The molecule has 0 fully saturated rings. The zero-order valence-corrected chi connectivity index (χ0v) is 20.9. The molecule has 1 N–H and O–H groups in total. The van der Waals surface area contributed by atoms with E-state index in [1.54, 1.807) is 41.8 Å².